The van der Waals surface area contributed by atoms with Crippen LogP contribution in [0.25, 0.3) is 0 Å². The molecule has 2 N–H and O–H groups in total. The third-order valence-electron chi connectivity index (χ3n) is 3.26. The van der Waals surface area contributed by atoms with Crippen LogP contribution in [0.15, 0.2) is 29.2 Å². The van der Waals surface area contributed by atoms with E-state index in [1.165, 1.54) is 5.56 Å². The number of carbonyl (C=O) groups is 1. The molecule has 0 saturated carbocycles. The summed E-state index contributed by atoms with van der Waals surface area (Å²) in [6, 6.07) is 8.82. The molecule has 1 rings (SSSR count). The molecule has 0 heterocycles. The van der Waals surface area contributed by atoms with Gasteiger partial charge in [0.2, 0.25) is 5.91 Å². The standard InChI is InChI=1S/C17H28N2OS/c1-6-18-13(4)15-7-9-16(10-8-15)21-14(5)17(20)19-11-12(2)3/h7-10,12-14,18H,6,11H2,1-5H3,(H,19,20). The van der Waals surface area contributed by atoms with Gasteiger partial charge >= 0.3 is 0 Å². The predicted octanol–water partition coefficient (Wildman–Crippen LogP) is 3.61. The molecule has 0 aromatic heterocycles. The van der Waals surface area contributed by atoms with E-state index in [2.05, 4.69) is 62.6 Å². The molecule has 2 unspecified atom stereocenters. The van der Waals surface area contributed by atoms with Crippen molar-refractivity contribution in [3.63, 3.8) is 0 Å². The van der Waals surface area contributed by atoms with Gasteiger partial charge in [-0.1, -0.05) is 32.9 Å². The molecule has 0 aliphatic heterocycles. The van der Waals surface area contributed by atoms with Gasteiger partial charge in [-0.2, -0.15) is 0 Å². The Morgan fingerprint density at radius 1 is 1.14 bits per heavy atom. The first-order valence-corrected chi connectivity index (χ1v) is 8.59. The van der Waals surface area contributed by atoms with Crippen LogP contribution in [-0.2, 0) is 4.79 Å². The van der Waals surface area contributed by atoms with Crippen LogP contribution < -0.4 is 10.6 Å². The van der Waals surface area contributed by atoms with Gasteiger partial charge in [-0.15, -0.1) is 11.8 Å². The molecule has 4 heteroatoms. The Bertz CT molecular complexity index is 431. The number of amides is 1. The van der Waals surface area contributed by atoms with Gasteiger partial charge in [0.1, 0.15) is 0 Å². The van der Waals surface area contributed by atoms with Crippen molar-refractivity contribution in [1.29, 1.82) is 0 Å². The summed E-state index contributed by atoms with van der Waals surface area (Å²) in [6.45, 7) is 12.1. The van der Waals surface area contributed by atoms with E-state index in [1.54, 1.807) is 11.8 Å². The fraction of sp³-hybridized carbons (Fsp3) is 0.588. The highest BCUT2D eigenvalue weighted by molar-refractivity contribution is 8.00. The Morgan fingerprint density at radius 3 is 2.29 bits per heavy atom. The van der Waals surface area contributed by atoms with E-state index >= 15 is 0 Å². The smallest absolute Gasteiger partial charge is 0.233 e. The molecule has 21 heavy (non-hydrogen) atoms. The normalized spacial score (nSPS) is 14.0. The van der Waals surface area contributed by atoms with Crippen molar-refractivity contribution in [2.24, 2.45) is 5.92 Å². The Morgan fingerprint density at radius 2 is 1.76 bits per heavy atom. The number of nitrogens with one attached hydrogen (secondary N) is 2. The number of benzene rings is 1. The van der Waals surface area contributed by atoms with Gasteiger partial charge in [0.25, 0.3) is 0 Å². The molecule has 1 aromatic carbocycles. The zero-order chi connectivity index (χ0) is 15.8. The molecule has 2 atom stereocenters. The van der Waals surface area contributed by atoms with Crippen molar-refractivity contribution in [3.8, 4) is 0 Å². The third kappa shape index (κ3) is 6.53. The quantitative estimate of drug-likeness (QED) is 0.721. The van der Waals surface area contributed by atoms with Crippen molar-refractivity contribution < 1.29 is 4.79 Å². The first-order valence-electron chi connectivity index (χ1n) is 7.71. The minimum absolute atomic E-state index is 0.0687. The number of hydrogen-bond donors (Lipinski definition) is 2. The van der Waals surface area contributed by atoms with Gasteiger partial charge in [0, 0.05) is 17.5 Å². The number of rotatable bonds is 8. The highest BCUT2D eigenvalue weighted by Crippen LogP contribution is 2.25. The molecule has 0 aliphatic rings. The lowest BCUT2D eigenvalue weighted by Gasteiger charge is -2.15. The fourth-order valence-corrected chi connectivity index (χ4v) is 2.86. The molecule has 3 nitrogen and oxygen atoms in total. The summed E-state index contributed by atoms with van der Waals surface area (Å²) in [7, 11) is 0. The van der Waals surface area contributed by atoms with Crippen LogP contribution in [0.2, 0.25) is 0 Å². The van der Waals surface area contributed by atoms with Crippen molar-refractivity contribution in [3.05, 3.63) is 29.8 Å². The van der Waals surface area contributed by atoms with E-state index in [-0.39, 0.29) is 11.2 Å². The van der Waals surface area contributed by atoms with Gasteiger partial charge in [0.15, 0.2) is 0 Å². The lowest BCUT2D eigenvalue weighted by molar-refractivity contribution is -0.120. The molecule has 118 valence electrons. The Balaban J connectivity index is 2.53. The Labute approximate surface area is 133 Å². The van der Waals surface area contributed by atoms with Gasteiger partial charge < -0.3 is 10.6 Å². The van der Waals surface area contributed by atoms with E-state index in [9.17, 15) is 4.79 Å². The summed E-state index contributed by atoms with van der Waals surface area (Å²) in [5.74, 6) is 0.594. The molecule has 1 aromatic rings. The topological polar surface area (TPSA) is 41.1 Å². The molecular weight excluding hydrogens is 280 g/mol. The first kappa shape index (κ1) is 18.1. The van der Waals surface area contributed by atoms with Crippen molar-refractivity contribution in [2.45, 2.75) is 50.8 Å². The van der Waals surface area contributed by atoms with E-state index < -0.39 is 0 Å². The second-order valence-electron chi connectivity index (χ2n) is 5.75. The fourth-order valence-electron chi connectivity index (χ4n) is 1.97. The van der Waals surface area contributed by atoms with Gasteiger partial charge in [-0.3, -0.25) is 4.79 Å². The number of hydrogen-bond acceptors (Lipinski definition) is 3. The Kier molecular flexibility index (Phi) is 7.83. The van der Waals surface area contributed by atoms with Crippen LogP contribution in [0, 0.1) is 5.92 Å². The van der Waals surface area contributed by atoms with Crippen molar-refractivity contribution in [2.75, 3.05) is 13.1 Å². The van der Waals surface area contributed by atoms with E-state index in [0.717, 1.165) is 18.0 Å². The Hall–Kier alpha value is -1.00. The van der Waals surface area contributed by atoms with Gasteiger partial charge in [-0.05, 0) is 44.0 Å². The molecule has 0 fully saturated rings. The van der Waals surface area contributed by atoms with Crippen LogP contribution in [-0.4, -0.2) is 24.2 Å². The van der Waals surface area contributed by atoms with E-state index in [4.69, 9.17) is 0 Å². The lowest BCUT2D eigenvalue weighted by Crippen LogP contribution is -2.33. The largest absolute Gasteiger partial charge is 0.355 e. The highest BCUT2D eigenvalue weighted by Gasteiger charge is 2.14. The number of carbonyl (C=O) groups excluding carboxylic acids is 1. The second kappa shape index (κ2) is 9.11. The summed E-state index contributed by atoms with van der Waals surface area (Å²) in [4.78, 5) is 13.1. The molecular formula is C17H28N2OS. The predicted molar refractivity (Wildman–Crippen MR) is 91.7 cm³/mol. The van der Waals surface area contributed by atoms with Crippen LogP contribution >= 0.6 is 11.8 Å². The molecule has 0 saturated heterocycles. The van der Waals surface area contributed by atoms with Crippen LogP contribution in [0.1, 0.15) is 46.2 Å². The maximum Gasteiger partial charge on any atom is 0.233 e. The molecule has 1 amide bonds. The monoisotopic (exact) mass is 308 g/mol. The van der Waals surface area contributed by atoms with E-state index in [1.807, 2.05) is 6.92 Å². The summed E-state index contributed by atoms with van der Waals surface area (Å²) in [5, 5.41) is 6.31. The minimum atomic E-state index is -0.0687. The average Bonchev–Trinajstić information content (AvgIpc) is 2.45. The SMILES string of the molecule is CCNC(C)c1ccc(SC(C)C(=O)NCC(C)C)cc1. The van der Waals surface area contributed by atoms with Crippen molar-refractivity contribution >= 4 is 17.7 Å². The minimum Gasteiger partial charge on any atom is -0.355 e. The zero-order valence-corrected chi connectivity index (χ0v) is 14.6. The van der Waals surface area contributed by atoms with Crippen LogP contribution in [0.4, 0.5) is 0 Å². The van der Waals surface area contributed by atoms with Gasteiger partial charge in [0.05, 0.1) is 5.25 Å². The highest BCUT2D eigenvalue weighted by atomic mass is 32.2. The molecule has 0 radical (unpaired) electrons. The molecule has 0 bridgehead atoms. The first-order chi connectivity index (χ1) is 9.93. The lowest BCUT2D eigenvalue weighted by atomic mass is 10.1. The second-order valence-corrected chi connectivity index (χ2v) is 7.16. The summed E-state index contributed by atoms with van der Waals surface area (Å²) in [6.07, 6.45) is 0. The number of thioether (sulfide) groups is 1. The summed E-state index contributed by atoms with van der Waals surface area (Å²) >= 11 is 1.60. The van der Waals surface area contributed by atoms with Gasteiger partial charge in [-0.25, -0.2) is 0 Å². The molecule has 0 aliphatic carbocycles. The van der Waals surface area contributed by atoms with Crippen molar-refractivity contribution in [1.82, 2.24) is 10.6 Å². The average molecular weight is 308 g/mol. The summed E-state index contributed by atoms with van der Waals surface area (Å²) < 4.78 is 0. The van der Waals surface area contributed by atoms with Crippen LogP contribution in [0.5, 0.6) is 0 Å². The summed E-state index contributed by atoms with van der Waals surface area (Å²) in [5.41, 5.74) is 1.28. The van der Waals surface area contributed by atoms with E-state index in [0.29, 0.717) is 12.0 Å². The zero-order valence-electron chi connectivity index (χ0n) is 13.8. The third-order valence-corrected chi connectivity index (χ3v) is 4.37. The van der Waals surface area contributed by atoms with Crippen LogP contribution in [0.3, 0.4) is 0 Å². The molecule has 0 spiro atoms. The maximum absolute atomic E-state index is 12.0. The maximum atomic E-state index is 12.0.